The Morgan fingerprint density at radius 1 is 1.39 bits per heavy atom. The van der Waals surface area contributed by atoms with E-state index in [2.05, 4.69) is 37.3 Å². The Bertz CT molecular complexity index is 421. The van der Waals surface area contributed by atoms with Gasteiger partial charge in [0.05, 0.1) is 6.04 Å². The summed E-state index contributed by atoms with van der Waals surface area (Å²) in [5.41, 5.74) is 7.97. The first kappa shape index (κ1) is 14.4. The molecule has 1 atom stereocenters. The lowest BCUT2D eigenvalue weighted by atomic mass is 9.85. The van der Waals surface area contributed by atoms with Gasteiger partial charge in [-0.3, -0.25) is 0 Å². The Morgan fingerprint density at radius 3 is 2.50 bits per heavy atom. The second kappa shape index (κ2) is 5.76. The number of nitrogens with two attached hydrogens (primary N) is 1. The Labute approximate surface area is 109 Å². The maximum Gasteiger partial charge on any atom is 0.161 e. The molecule has 0 saturated carbocycles. The Balaban J connectivity index is 3.04. The number of nitrogens with one attached hydrogen (secondary N) is 1. The number of rotatable bonds is 4. The van der Waals surface area contributed by atoms with Gasteiger partial charge < -0.3 is 16.3 Å². The van der Waals surface area contributed by atoms with Crippen molar-refractivity contribution in [2.75, 3.05) is 5.32 Å². The molecule has 0 saturated heterocycles. The van der Waals surface area contributed by atoms with Crippen LogP contribution in [0.2, 0.25) is 0 Å². The van der Waals surface area contributed by atoms with Crippen LogP contribution < -0.4 is 11.1 Å². The molecule has 0 spiro atoms. The zero-order valence-electron chi connectivity index (χ0n) is 11.6. The largest absolute Gasteiger partial charge is 0.409 e. The molecule has 1 aromatic rings. The Morgan fingerprint density at radius 2 is 2.00 bits per heavy atom. The first-order valence-corrected chi connectivity index (χ1v) is 6.23. The molecule has 1 rings (SSSR count). The second-order valence-corrected chi connectivity index (χ2v) is 5.43. The highest BCUT2D eigenvalue weighted by atomic mass is 16.4. The van der Waals surface area contributed by atoms with Crippen molar-refractivity contribution in [3.63, 3.8) is 0 Å². The van der Waals surface area contributed by atoms with Gasteiger partial charge in [0, 0.05) is 5.69 Å². The van der Waals surface area contributed by atoms with Crippen LogP contribution in [0.5, 0.6) is 0 Å². The van der Waals surface area contributed by atoms with E-state index in [0.717, 1.165) is 12.1 Å². The highest BCUT2D eigenvalue weighted by Gasteiger charge is 2.20. The normalized spacial score (nSPS) is 14.3. The van der Waals surface area contributed by atoms with E-state index in [0.29, 0.717) is 0 Å². The number of nitrogens with zero attached hydrogens (tertiary/aromatic N) is 1. The number of para-hydroxylation sites is 1. The van der Waals surface area contributed by atoms with Crippen LogP contribution in [0, 0.1) is 0 Å². The quantitative estimate of drug-likeness (QED) is 0.332. The van der Waals surface area contributed by atoms with Crippen LogP contribution in [0.15, 0.2) is 29.4 Å². The van der Waals surface area contributed by atoms with Gasteiger partial charge in [-0.2, -0.15) is 0 Å². The van der Waals surface area contributed by atoms with E-state index >= 15 is 0 Å². The van der Waals surface area contributed by atoms with Crippen molar-refractivity contribution in [3.05, 3.63) is 29.8 Å². The van der Waals surface area contributed by atoms with Gasteiger partial charge in [-0.15, -0.1) is 0 Å². The predicted octanol–water partition coefficient (Wildman–Crippen LogP) is 2.92. The minimum atomic E-state index is -0.154. The summed E-state index contributed by atoms with van der Waals surface area (Å²) in [6, 6.07) is 7.97. The zero-order chi connectivity index (χ0) is 13.8. The van der Waals surface area contributed by atoms with Crippen LogP contribution in [-0.4, -0.2) is 17.1 Å². The summed E-state index contributed by atoms with van der Waals surface area (Å²) in [6.07, 6.45) is 0.758. The van der Waals surface area contributed by atoms with Crippen LogP contribution in [0.3, 0.4) is 0 Å². The fourth-order valence-electron chi connectivity index (χ4n) is 1.91. The van der Waals surface area contributed by atoms with E-state index in [1.165, 1.54) is 5.56 Å². The van der Waals surface area contributed by atoms with Gasteiger partial charge in [-0.1, -0.05) is 51.0 Å². The van der Waals surface area contributed by atoms with Crippen molar-refractivity contribution in [2.45, 2.75) is 45.6 Å². The monoisotopic (exact) mass is 249 g/mol. The molecule has 0 aromatic heterocycles. The maximum atomic E-state index is 8.77. The Kier molecular flexibility index (Phi) is 4.59. The van der Waals surface area contributed by atoms with Crippen LogP contribution in [-0.2, 0) is 5.41 Å². The molecule has 18 heavy (non-hydrogen) atoms. The van der Waals surface area contributed by atoms with Crippen LogP contribution in [0.1, 0.15) is 39.7 Å². The summed E-state index contributed by atoms with van der Waals surface area (Å²) in [6.45, 7) is 8.49. The van der Waals surface area contributed by atoms with Gasteiger partial charge in [0.15, 0.2) is 5.84 Å². The average Bonchev–Trinajstić information content (AvgIpc) is 2.34. The molecule has 1 aromatic carbocycles. The molecule has 0 heterocycles. The molecule has 0 aliphatic carbocycles. The minimum Gasteiger partial charge on any atom is -0.409 e. The first-order chi connectivity index (χ1) is 8.40. The van der Waals surface area contributed by atoms with Crippen molar-refractivity contribution >= 4 is 11.5 Å². The van der Waals surface area contributed by atoms with E-state index < -0.39 is 0 Å². The van der Waals surface area contributed by atoms with Crippen molar-refractivity contribution in [2.24, 2.45) is 10.9 Å². The number of hydrogen-bond acceptors (Lipinski definition) is 3. The van der Waals surface area contributed by atoms with Gasteiger partial charge in [0.25, 0.3) is 0 Å². The molecular weight excluding hydrogens is 226 g/mol. The molecule has 0 bridgehead atoms. The molecule has 4 N–H and O–H groups in total. The molecule has 0 aliphatic rings. The topological polar surface area (TPSA) is 70.6 Å². The average molecular weight is 249 g/mol. The highest BCUT2D eigenvalue weighted by Crippen LogP contribution is 2.29. The van der Waals surface area contributed by atoms with Gasteiger partial charge in [-0.25, -0.2) is 0 Å². The second-order valence-electron chi connectivity index (χ2n) is 5.43. The smallest absolute Gasteiger partial charge is 0.161 e. The number of amidine groups is 1. The SMILES string of the molecule is CCC(Nc1ccccc1C(C)(C)C)C(N)=NO. The first-order valence-electron chi connectivity index (χ1n) is 6.23. The van der Waals surface area contributed by atoms with E-state index in [1.807, 2.05) is 25.1 Å². The molecule has 0 aliphatic heterocycles. The predicted molar refractivity (Wildman–Crippen MR) is 76.3 cm³/mol. The third-order valence-electron chi connectivity index (χ3n) is 2.95. The summed E-state index contributed by atoms with van der Waals surface area (Å²) in [5, 5.41) is 15.2. The summed E-state index contributed by atoms with van der Waals surface area (Å²) in [5.74, 6) is 0.209. The van der Waals surface area contributed by atoms with E-state index in [1.54, 1.807) is 0 Å². The highest BCUT2D eigenvalue weighted by molar-refractivity contribution is 5.88. The molecule has 4 heteroatoms. The van der Waals surface area contributed by atoms with Crippen LogP contribution in [0.4, 0.5) is 5.69 Å². The molecule has 4 nitrogen and oxygen atoms in total. The number of oxime groups is 1. The molecule has 0 radical (unpaired) electrons. The van der Waals surface area contributed by atoms with E-state index in [-0.39, 0.29) is 17.3 Å². The van der Waals surface area contributed by atoms with Crippen molar-refractivity contribution in [3.8, 4) is 0 Å². The van der Waals surface area contributed by atoms with Crippen molar-refractivity contribution < 1.29 is 5.21 Å². The van der Waals surface area contributed by atoms with E-state index in [9.17, 15) is 0 Å². The maximum absolute atomic E-state index is 8.77. The molecule has 100 valence electrons. The summed E-state index contributed by atoms with van der Waals surface area (Å²) in [4.78, 5) is 0. The lowest BCUT2D eigenvalue weighted by molar-refractivity contribution is 0.316. The number of benzene rings is 1. The van der Waals surface area contributed by atoms with Gasteiger partial charge in [-0.05, 0) is 23.5 Å². The summed E-state index contributed by atoms with van der Waals surface area (Å²) >= 11 is 0. The van der Waals surface area contributed by atoms with Crippen LogP contribution >= 0.6 is 0 Å². The van der Waals surface area contributed by atoms with Crippen molar-refractivity contribution in [1.29, 1.82) is 0 Å². The van der Waals surface area contributed by atoms with Gasteiger partial charge in [0.1, 0.15) is 0 Å². The van der Waals surface area contributed by atoms with Crippen LogP contribution in [0.25, 0.3) is 0 Å². The Hall–Kier alpha value is -1.71. The van der Waals surface area contributed by atoms with Crippen molar-refractivity contribution in [1.82, 2.24) is 0 Å². The molecule has 0 fully saturated rings. The lowest BCUT2D eigenvalue weighted by Crippen LogP contribution is -2.35. The molecule has 0 amide bonds. The summed E-state index contributed by atoms with van der Waals surface area (Å²) in [7, 11) is 0. The fraction of sp³-hybridized carbons (Fsp3) is 0.500. The zero-order valence-corrected chi connectivity index (χ0v) is 11.6. The van der Waals surface area contributed by atoms with E-state index in [4.69, 9.17) is 10.9 Å². The molecular formula is C14H23N3O. The molecule has 1 unspecified atom stereocenters. The van der Waals surface area contributed by atoms with Gasteiger partial charge in [0.2, 0.25) is 0 Å². The number of anilines is 1. The third kappa shape index (κ3) is 3.39. The fourth-order valence-corrected chi connectivity index (χ4v) is 1.91. The standard InChI is InChI=1S/C14H23N3O/c1-5-11(13(15)17-18)16-12-9-7-6-8-10(12)14(2,3)4/h6-9,11,16,18H,5H2,1-4H3,(H2,15,17). The number of hydrogen-bond donors (Lipinski definition) is 3. The summed E-state index contributed by atoms with van der Waals surface area (Å²) < 4.78 is 0. The van der Waals surface area contributed by atoms with Gasteiger partial charge >= 0.3 is 0 Å². The third-order valence-corrected chi connectivity index (χ3v) is 2.95. The minimum absolute atomic E-state index is 0.0486. The lowest BCUT2D eigenvalue weighted by Gasteiger charge is -2.26.